The highest BCUT2D eigenvalue weighted by Gasteiger charge is 2.33. The largest absolute Gasteiger partial charge is 0.417 e. The first kappa shape index (κ1) is 17.5. The zero-order chi connectivity index (χ0) is 17.2. The molecule has 0 aliphatic rings. The molecule has 0 saturated heterocycles. The standard InChI is InChI=1S/C15H11ClF4N2S/c1-8-6-9(3-5-13(8)17)21-14(23)22-10-2-4-12(16)11(7-10)15(18,19)20/h2-7H,1H3,(H2,21,22,23). The molecule has 0 heterocycles. The fourth-order valence-corrected chi connectivity index (χ4v) is 2.30. The maximum atomic E-state index is 13.2. The summed E-state index contributed by atoms with van der Waals surface area (Å²) in [6.45, 7) is 1.59. The maximum Gasteiger partial charge on any atom is 0.417 e. The molecule has 2 N–H and O–H groups in total. The van der Waals surface area contributed by atoms with Crippen molar-refractivity contribution in [2.24, 2.45) is 0 Å². The molecule has 2 rings (SSSR count). The van der Waals surface area contributed by atoms with Gasteiger partial charge in [-0.25, -0.2) is 4.39 Å². The molecule has 8 heteroatoms. The van der Waals surface area contributed by atoms with E-state index in [-0.39, 0.29) is 16.6 Å². The fourth-order valence-electron chi connectivity index (χ4n) is 1.84. The van der Waals surface area contributed by atoms with Gasteiger partial charge in [0, 0.05) is 11.4 Å². The third kappa shape index (κ3) is 4.56. The first-order chi connectivity index (χ1) is 10.7. The number of alkyl halides is 3. The lowest BCUT2D eigenvalue weighted by Crippen LogP contribution is -2.19. The van der Waals surface area contributed by atoms with Crippen LogP contribution in [0.3, 0.4) is 0 Å². The minimum Gasteiger partial charge on any atom is -0.332 e. The average Bonchev–Trinajstić information content (AvgIpc) is 2.44. The molecular formula is C15H11ClF4N2S. The molecule has 0 amide bonds. The summed E-state index contributed by atoms with van der Waals surface area (Å²) in [6.07, 6.45) is -4.56. The Labute approximate surface area is 140 Å². The number of anilines is 2. The molecule has 0 unspecified atom stereocenters. The highest BCUT2D eigenvalue weighted by molar-refractivity contribution is 7.80. The van der Waals surface area contributed by atoms with E-state index in [0.717, 1.165) is 12.1 Å². The van der Waals surface area contributed by atoms with E-state index in [1.807, 2.05) is 0 Å². The van der Waals surface area contributed by atoms with Crippen molar-refractivity contribution in [3.05, 3.63) is 58.4 Å². The second kappa shape index (κ2) is 6.72. The molecule has 0 spiro atoms. The first-order valence-corrected chi connectivity index (χ1v) is 7.16. The Morgan fingerprint density at radius 3 is 2.17 bits per heavy atom. The third-order valence-electron chi connectivity index (χ3n) is 2.95. The summed E-state index contributed by atoms with van der Waals surface area (Å²) < 4.78 is 51.6. The van der Waals surface area contributed by atoms with Crippen molar-refractivity contribution < 1.29 is 17.6 Å². The van der Waals surface area contributed by atoms with Gasteiger partial charge in [0.15, 0.2) is 5.11 Å². The second-order valence-electron chi connectivity index (χ2n) is 4.74. The molecule has 0 aromatic heterocycles. The van der Waals surface area contributed by atoms with E-state index in [1.54, 1.807) is 6.92 Å². The number of aryl methyl sites for hydroxylation is 1. The van der Waals surface area contributed by atoms with E-state index in [0.29, 0.717) is 11.3 Å². The van der Waals surface area contributed by atoms with Crippen LogP contribution in [0, 0.1) is 12.7 Å². The van der Waals surface area contributed by atoms with Crippen LogP contribution in [0.4, 0.5) is 28.9 Å². The predicted molar refractivity (Wildman–Crippen MR) is 87.4 cm³/mol. The lowest BCUT2D eigenvalue weighted by molar-refractivity contribution is -0.137. The quantitative estimate of drug-likeness (QED) is 0.536. The van der Waals surface area contributed by atoms with Crippen molar-refractivity contribution >= 4 is 40.3 Å². The first-order valence-electron chi connectivity index (χ1n) is 6.38. The minimum absolute atomic E-state index is 0.0754. The summed E-state index contributed by atoms with van der Waals surface area (Å²) in [5, 5.41) is 5.09. The zero-order valence-corrected chi connectivity index (χ0v) is 13.3. The average molecular weight is 363 g/mol. The Hall–Kier alpha value is -1.86. The number of benzene rings is 2. The van der Waals surface area contributed by atoms with Crippen molar-refractivity contribution in [2.45, 2.75) is 13.1 Å². The summed E-state index contributed by atoms with van der Waals surface area (Å²) >= 11 is 10.6. The fraction of sp³-hybridized carbons (Fsp3) is 0.133. The molecule has 2 aromatic carbocycles. The Morgan fingerprint density at radius 2 is 1.61 bits per heavy atom. The molecule has 0 aliphatic carbocycles. The van der Waals surface area contributed by atoms with E-state index >= 15 is 0 Å². The predicted octanol–water partition coefficient (Wildman–Crippen LogP) is 5.62. The number of rotatable bonds is 2. The van der Waals surface area contributed by atoms with Crippen LogP contribution >= 0.6 is 23.8 Å². The molecule has 0 aliphatic heterocycles. The molecule has 0 fully saturated rings. The van der Waals surface area contributed by atoms with Crippen molar-refractivity contribution in [3.8, 4) is 0 Å². The van der Waals surface area contributed by atoms with E-state index in [1.165, 1.54) is 24.3 Å². The van der Waals surface area contributed by atoms with Crippen LogP contribution in [0.1, 0.15) is 11.1 Å². The van der Waals surface area contributed by atoms with E-state index < -0.39 is 16.8 Å². The molecule has 0 radical (unpaired) electrons. The van der Waals surface area contributed by atoms with Gasteiger partial charge in [0.25, 0.3) is 0 Å². The molecule has 0 atom stereocenters. The number of halogens is 5. The normalized spacial score (nSPS) is 11.2. The summed E-state index contributed by atoms with van der Waals surface area (Å²) in [5.41, 5.74) is 0.123. The smallest absolute Gasteiger partial charge is 0.332 e. The summed E-state index contributed by atoms with van der Waals surface area (Å²) in [4.78, 5) is 0. The highest BCUT2D eigenvalue weighted by Crippen LogP contribution is 2.36. The van der Waals surface area contributed by atoms with Gasteiger partial charge in [-0.3, -0.25) is 0 Å². The van der Waals surface area contributed by atoms with Crippen molar-refractivity contribution in [2.75, 3.05) is 10.6 Å². The van der Waals surface area contributed by atoms with Gasteiger partial charge in [0.1, 0.15) is 5.82 Å². The molecule has 0 saturated carbocycles. The van der Waals surface area contributed by atoms with Gasteiger partial charge in [0.05, 0.1) is 10.6 Å². The third-order valence-corrected chi connectivity index (χ3v) is 3.48. The molecule has 122 valence electrons. The van der Waals surface area contributed by atoms with Gasteiger partial charge in [-0.15, -0.1) is 0 Å². The van der Waals surface area contributed by atoms with Gasteiger partial charge in [-0.2, -0.15) is 13.2 Å². The molecule has 0 bridgehead atoms. The molecule has 2 nitrogen and oxygen atoms in total. The molecular weight excluding hydrogens is 352 g/mol. The van der Waals surface area contributed by atoms with Gasteiger partial charge < -0.3 is 10.6 Å². The van der Waals surface area contributed by atoms with Crippen LogP contribution in [0.15, 0.2) is 36.4 Å². The Morgan fingerprint density at radius 1 is 1.04 bits per heavy atom. The molecule has 2 aromatic rings. The van der Waals surface area contributed by atoms with Crippen LogP contribution in [-0.4, -0.2) is 5.11 Å². The van der Waals surface area contributed by atoms with Crippen molar-refractivity contribution in [3.63, 3.8) is 0 Å². The van der Waals surface area contributed by atoms with Crippen LogP contribution in [0.2, 0.25) is 5.02 Å². The van der Waals surface area contributed by atoms with Gasteiger partial charge in [-0.05, 0) is 61.1 Å². The van der Waals surface area contributed by atoms with Gasteiger partial charge in [0.2, 0.25) is 0 Å². The van der Waals surface area contributed by atoms with E-state index in [4.69, 9.17) is 23.8 Å². The minimum atomic E-state index is -4.56. The number of hydrogen-bond donors (Lipinski definition) is 2. The lowest BCUT2D eigenvalue weighted by atomic mass is 10.2. The van der Waals surface area contributed by atoms with E-state index in [9.17, 15) is 17.6 Å². The number of hydrogen-bond acceptors (Lipinski definition) is 1. The lowest BCUT2D eigenvalue weighted by Gasteiger charge is -2.14. The topological polar surface area (TPSA) is 24.1 Å². The summed E-state index contributed by atoms with van der Waals surface area (Å²) in [6, 6.07) is 7.65. The van der Waals surface area contributed by atoms with Crippen molar-refractivity contribution in [1.29, 1.82) is 0 Å². The highest BCUT2D eigenvalue weighted by atomic mass is 35.5. The SMILES string of the molecule is Cc1cc(NC(=S)Nc2ccc(Cl)c(C(F)(F)F)c2)ccc1F. The molecule has 23 heavy (non-hydrogen) atoms. The Bertz CT molecular complexity index is 747. The Kier molecular flexibility index (Phi) is 5.11. The van der Waals surface area contributed by atoms with Crippen LogP contribution in [0.5, 0.6) is 0 Å². The van der Waals surface area contributed by atoms with Gasteiger partial charge >= 0.3 is 6.18 Å². The van der Waals surface area contributed by atoms with Crippen LogP contribution in [-0.2, 0) is 6.18 Å². The van der Waals surface area contributed by atoms with E-state index in [2.05, 4.69) is 10.6 Å². The number of nitrogens with one attached hydrogen (secondary N) is 2. The summed E-state index contributed by atoms with van der Waals surface area (Å²) in [5.74, 6) is -0.359. The monoisotopic (exact) mass is 362 g/mol. The van der Waals surface area contributed by atoms with Crippen molar-refractivity contribution in [1.82, 2.24) is 0 Å². The van der Waals surface area contributed by atoms with Crippen LogP contribution in [0.25, 0.3) is 0 Å². The summed E-state index contributed by atoms with van der Waals surface area (Å²) in [7, 11) is 0. The maximum absolute atomic E-state index is 13.2. The van der Waals surface area contributed by atoms with Gasteiger partial charge in [-0.1, -0.05) is 11.6 Å². The Balaban J connectivity index is 2.12. The van der Waals surface area contributed by atoms with Crippen LogP contribution < -0.4 is 10.6 Å². The second-order valence-corrected chi connectivity index (χ2v) is 5.55. The number of thiocarbonyl (C=S) groups is 1. The zero-order valence-electron chi connectivity index (χ0n) is 11.8.